The Morgan fingerprint density at radius 1 is 1.56 bits per heavy atom. The van der Waals surface area contributed by atoms with Crippen LogP contribution in [-0.4, -0.2) is 34.9 Å². The molecule has 0 spiro atoms. The number of aryl methyl sites for hydroxylation is 1. The van der Waals surface area contributed by atoms with Crippen LogP contribution in [-0.2, 0) is 11.3 Å². The van der Waals surface area contributed by atoms with Crippen molar-refractivity contribution in [3.05, 3.63) is 29.6 Å². The van der Waals surface area contributed by atoms with Crippen LogP contribution in [0.2, 0.25) is 0 Å². The summed E-state index contributed by atoms with van der Waals surface area (Å²) in [6.45, 7) is 4.86. The molecule has 96 valence electrons. The highest BCUT2D eigenvalue weighted by Gasteiger charge is 2.40. The van der Waals surface area contributed by atoms with Gasteiger partial charge in [0.05, 0.1) is 5.92 Å². The van der Waals surface area contributed by atoms with E-state index in [1.165, 1.54) is 5.56 Å². The molecule has 1 N–H and O–H groups in total. The lowest BCUT2D eigenvalue weighted by Gasteiger charge is -2.36. The number of fused-ring (bicyclic) bond motifs is 1. The van der Waals surface area contributed by atoms with Gasteiger partial charge in [0.1, 0.15) is 0 Å². The zero-order chi connectivity index (χ0) is 12.5. The fourth-order valence-electron chi connectivity index (χ4n) is 3.14. The Morgan fingerprint density at radius 2 is 2.44 bits per heavy atom. The second kappa shape index (κ2) is 4.69. The van der Waals surface area contributed by atoms with Crippen LogP contribution in [0.3, 0.4) is 0 Å². The second-order valence-corrected chi connectivity index (χ2v) is 5.28. The molecule has 2 fully saturated rings. The van der Waals surface area contributed by atoms with Crippen LogP contribution in [0.25, 0.3) is 0 Å². The lowest BCUT2D eigenvalue weighted by Crippen LogP contribution is -2.45. The fourth-order valence-corrected chi connectivity index (χ4v) is 3.14. The van der Waals surface area contributed by atoms with Crippen LogP contribution in [0, 0.1) is 12.8 Å². The predicted octanol–water partition coefficient (Wildman–Crippen LogP) is 1.10. The third-order valence-corrected chi connectivity index (χ3v) is 4.21. The van der Waals surface area contributed by atoms with Crippen molar-refractivity contribution in [1.82, 2.24) is 15.2 Å². The van der Waals surface area contributed by atoms with E-state index in [2.05, 4.69) is 28.2 Å². The van der Waals surface area contributed by atoms with Gasteiger partial charge >= 0.3 is 0 Å². The molecular formula is C14H19N3O. The molecule has 3 heterocycles. The van der Waals surface area contributed by atoms with E-state index in [9.17, 15) is 4.79 Å². The van der Waals surface area contributed by atoms with E-state index in [0.29, 0.717) is 6.04 Å². The van der Waals surface area contributed by atoms with Gasteiger partial charge in [0.25, 0.3) is 0 Å². The number of rotatable bonds is 2. The molecule has 0 radical (unpaired) electrons. The molecule has 0 aliphatic carbocycles. The molecule has 1 aromatic rings. The number of amides is 1. The molecule has 4 heteroatoms. The van der Waals surface area contributed by atoms with Gasteiger partial charge in [-0.3, -0.25) is 14.7 Å². The van der Waals surface area contributed by atoms with Crippen molar-refractivity contribution in [1.29, 1.82) is 0 Å². The first-order valence-electron chi connectivity index (χ1n) is 6.68. The number of hydrogen-bond donors (Lipinski definition) is 1. The van der Waals surface area contributed by atoms with Gasteiger partial charge in [0.15, 0.2) is 0 Å². The Kier molecular flexibility index (Phi) is 3.04. The smallest absolute Gasteiger partial charge is 0.224 e. The van der Waals surface area contributed by atoms with E-state index < -0.39 is 0 Å². The average molecular weight is 245 g/mol. The highest BCUT2D eigenvalue weighted by Crippen LogP contribution is 2.28. The molecule has 1 aromatic heterocycles. The molecular weight excluding hydrogens is 226 g/mol. The summed E-state index contributed by atoms with van der Waals surface area (Å²) in [5, 5.41) is 3.00. The quantitative estimate of drug-likeness (QED) is 0.848. The molecule has 2 saturated heterocycles. The van der Waals surface area contributed by atoms with Crippen molar-refractivity contribution in [3.8, 4) is 0 Å². The summed E-state index contributed by atoms with van der Waals surface area (Å²) in [5.41, 5.74) is 2.37. The number of aromatic nitrogens is 1. The van der Waals surface area contributed by atoms with E-state index >= 15 is 0 Å². The number of piperidine rings is 1. The number of likely N-dealkylation sites (tertiary alicyclic amines) is 1. The van der Waals surface area contributed by atoms with Crippen molar-refractivity contribution in [3.63, 3.8) is 0 Å². The van der Waals surface area contributed by atoms with E-state index in [0.717, 1.165) is 38.2 Å². The number of carbonyl (C=O) groups excluding carboxylic acids is 1. The van der Waals surface area contributed by atoms with Crippen LogP contribution in [0.5, 0.6) is 0 Å². The van der Waals surface area contributed by atoms with Crippen molar-refractivity contribution in [2.24, 2.45) is 5.92 Å². The van der Waals surface area contributed by atoms with Gasteiger partial charge in [-0.25, -0.2) is 0 Å². The topological polar surface area (TPSA) is 45.2 Å². The lowest BCUT2D eigenvalue weighted by atomic mass is 9.91. The third-order valence-electron chi connectivity index (χ3n) is 4.21. The maximum atomic E-state index is 11.7. The molecule has 1 amide bonds. The maximum Gasteiger partial charge on any atom is 0.224 e. The van der Waals surface area contributed by atoms with Crippen LogP contribution in [0.4, 0.5) is 0 Å². The second-order valence-electron chi connectivity index (χ2n) is 5.28. The summed E-state index contributed by atoms with van der Waals surface area (Å²) in [5.74, 6) is 0.448. The van der Waals surface area contributed by atoms with Gasteiger partial charge in [-0.05, 0) is 37.9 Å². The standard InChI is InChI=1S/C14H19N3O/c1-10-11(4-2-6-15-10)9-17-7-3-5-12-13(17)8-16-14(12)18/h2,4,6,12-13H,3,5,7-9H2,1H3,(H,16,18)/t12-,13-/m1/s1. The summed E-state index contributed by atoms with van der Waals surface area (Å²) in [6.07, 6.45) is 3.99. The largest absolute Gasteiger partial charge is 0.354 e. The van der Waals surface area contributed by atoms with Gasteiger partial charge in [-0.2, -0.15) is 0 Å². The minimum Gasteiger partial charge on any atom is -0.354 e. The van der Waals surface area contributed by atoms with Gasteiger partial charge in [0, 0.05) is 31.0 Å². The molecule has 0 unspecified atom stereocenters. The fraction of sp³-hybridized carbons (Fsp3) is 0.571. The lowest BCUT2D eigenvalue weighted by molar-refractivity contribution is -0.124. The SMILES string of the molecule is Cc1ncccc1CN1CCC[C@H]2C(=O)NC[C@H]21. The zero-order valence-electron chi connectivity index (χ0n) is 10.7. The van der Waals surface area contributed by atoms with Crippen molar-refractivity contribution in [2.45, 2.75) is 32.4 Å². The Hall–Kier alpha value is -1.42. The molecule has 3 rings (SSSR count). The summed E-state index contributed by atoms with van der Waals surface area (Å²) < 4.78 is 0. The molecule has 18 heavy (non-hydrogen) atoms. The average Bonchev–Trinajstić information content (AvgIpc) is 2.76. The Bertz CT molecular complexity index is 460. The highest BCUT2D eigenvalue weighted by atomic mass is 16.2. The molecule has 0 bridgehead atoms. The van der Waals surface area contributed by atoms with Crippen LogP contribution in [0.1, 0.15) is 24.1 Å². The third kappa shape index (κ3) is 2.01. The summed E-state index contributed by atoms with van der Waals surface area (Å²) in [4.78, 5) is 18.5. The first kappa shape index (κ1) is 11.7. The van der Waals surface area contributed by atoms with Gasteiger partial charge in [0.2, 0.25) is 5.91 Å². The van der Waals surface area contributed by atoms with E-state index in [1.807, 2.05) is 12.3 Å². The number of carbonyl (C=O) groups is 1. The molecule has 2 aliphatic rings. The number of pyridine rings is 1. The Balaban J connectivity index is 1.76. The first-order chi connectivity index (χ1) is 8.75. The maximum absolute atomic E-state index is 11.7. The molecule has 0 aromatic carbocycles. The normalized spacial score (nSPS) is 27.9. The molecule has 4 nitrogen and oxygen atoms in total. The summed E-state index contributed by atoms with van der Waals surface area (Å²) in [7, 11) is 0. The molecule has 2 aliphatic heterocycles. The van der Waals surface area contributed by atoms with Crippen LogP contribution >= 0.6 is 0 Å². The number of nitrogens with one attached hydrogen (secondary N) is 1. The van der Waals surface area contributed by atoms with Gasteiger partial charge in [-0.15, -0.1) is 0 Å². The monoisotopic (exact) mass is 245 g/mol. The predicted molar refractivity (Wildman–Crippen MR) is 68.9 cm³/mol. The van der Waals surface area contributed by atoms with Crippen molar-refractivity contribution < 1.29 is 4.79 Å². The summed E-state index contributed by atoms with van der Waals surface area (Å²) >= 11 is 0. The van der Waals surface area contributed by atoms with Crippen LogP contribution < -0.4 is 5.32 Å². The van der Waals surface area contributed by atoms with E-state index in [1.54, 1.807) is 0 Å². The first-order valence-corrected chi connectivity index (χ1v) is 6.68. The van der Waals surface area contributed by atoms with Gasteiger partial charge in [-0.1, -0.05) is 6.07 Å². The van der Waals surface area contributed by atoms with Crippen molar-refractivity contribution >= 4 is 5.91 Å². The summed E-state index contributed by atoms with van der Waals surface area (Å²) in [6, 6.07) is 4.50. The van der Waals surface area contributed by atoms with Crippen LogP contribution in [0.15, 0.2) is 18.3 Å². The van der Waals surface area contributed by atoms with Gasteiger partial charge < -0.3 is 5.32 Å². The number of hydrogen-bond acceptors (Lipinski definition) is 3. The number of nitrogens with zero attached hydrogens (tertiary/aromatic N) is 2. The van der Waals surface area contributed by atoms with E-state index in [-0.39, 0.29) is 11.8 Å². The zero-order valence-corrected chi connectivity index (χ0v) is 10.7. The highest BCUT2D eigenvalue weighted by molar-refractivity contribution is 5.82. The van der Waals surface area contributed by atoms with E-state index in [4.69, 9.17) is 0 Å². The Morgan fingerprint density at radius 3 is 3.28 bits per heavy atom. The molecule has 2 atom stereocenters. The van der Waals surface area contributed by atoms with Crippen molar-refractivity contribution in [2.75, 3.05) is 13.1 Å². The Labute approximate surface area is 107 Å². The molecule has 0 saturated carbocycles. The minimum atomic E-state index is 0.204. The minimum absolute atomic E-state index is 0.204.